The summed E-state index contributed by atoms with van der Waals surface area (Å²) in [6.07, 6.45) is 1.24. The fraction of sp³-hybridized carbons (Fsp3) is 0.333. The Hall–Kier alpha value is -2.30. The molecule has 0 heterocycles. The molecule has 0 unspecified atom stereocenters. The summed E-state index contributed by atoms with van der Waals surface area (Å²) in [7, 11) is 0. The number of fused-ring (bicyclic) bond motifs is 1. The minimum atomic E-state index is -0.923. The number of hydrogen-bond acceptors (Lipinski definition) is 3. The minimum absolute atomic E-state index is 0.0942. The molecular weight excluding hydrogens is 258 g/mol. The van der Waals surface area contributed by atoms with Crippen LogP contribution in [0.3, 0.4) is 0 Å². The molecule has 0 fully saturated rings. The van der Waals surface area contributed by atoms with Gasteiger partial charge in [0, 0.05) is 0 Å². The number of aliphatic carboxylic acids is 1. The van der Waals surface area contributed by atoms with Gasteiger partial charge in [0.25, 0.3) is 0 Å². The molecule has 0 saturated heterocycles. The standard InChI is InChI=1S/C15H17NO4/c1-3-6-20-15(19)16-13-11-7-9(2)4-5-10(11)8-12(13)14(17)18/h3-5,7,12-13H,1,6,8H2,2H3,(H,16,19)(H,17,18)/t12-,13+/m0/s1. The molecule has 5 heteroatoms. The Bertz CT molecular complexity index is 553. The van der Waals surface area contributed by atoms with Crippen LogP contribution in [0.5, 0.6) is 0 Å². The third kappa shape index (κ3) is 2.82. The lowest BCUT2D eigenvalue weighted by Gasteiger charge is -2.18. The van der Waals surface area contributed by atoms with Crippen LogP contribution in [0.15, 0.2) is 30.9 Å². The van der Waals surface area contributed by atoms with Crippen molar-refractivity contribution < 1.29 is 19.4 Å². The van der Waals surface area contributed by atoms with Crippen LogP contribution in [0.2, 0.25) is 0 Å². The average molecular weight is 275 g/mol. The van der Waals surface area contributed by atoms with Crippen molar-refractivity contribution in [1.29, 1.82) is 0 Å². The predicted octanol–water partition coefficient (Wildman–Crippen LogP) is 2.21. The van der Waals surface area contributed by atoms with E-state index in [0.717, 1.165) is 16.7 Å². The first-order valence-electron chi connectivity index (χ1n) is 6.39. The number of benzene rings is 1. The van der Waals surface area contributed by atoms with Crippen LogP contribution in [0.1, 0.15) is 22.7 Å². The van der Waals surface area contributed by atoms with E-state index < -0.39 is 24.0 Å². The molecule has 1 aliphatic rings. The van der Waals surface area contributed by atoms with Crippen LogP contribution >= 0.6 is 0 Å². The van der Waals surface area contributed by atoms with E-state index in [1.807, 2.05) is 25.1 Å². The van der Waals surface area contributed by atoms with Gasteiger partial charge in [0.05, 0.1) is 12.0 Å². The zero-order chi connectivity index (χ0) is 14.7. The van der Waals surface area contributed by atoms with Crippen molar-refractivity contribution >= 4 is 12.1 Å². The average Bonchev–Trinajstić information content (AvgIpc) is 2.75. The summed E-state index contributed by atoms with van der Waals surface area (Å²) < 4.78 is 4.87. The van der Waals surface area contributed by atoms with Gasteiger partial charge >= 0.3 is 12.1 Å². The van der Waals surface area contributed by atoms with Gasteiger partial charge in [0.2, 0.25) is 0 Å². The lowest BCUT2D eigenvalue weighted by molar-refractivity contribution is -0.142. The highest BCUT2D eigenvalue weighted by atomic mass is 16.5. The second-order valence-corrected chi connectivity index (χ2v) is 4.86. The van der Waals surface area contributed by atoms with Crippen molar-refractivity contribution in [2.24, 2.45) is 5.92 Å². The second kappa shape index (κ2) is 5.77. The molecule has 1 aromatic carbocycles. The number of hydrogen-bond donors (Lipinski definition) is 2. The highest BCUT2D eigenvalue weighted by molar-refractivity contribution is 5.76. The van der Waals surface area contributed by atoms with Crippen LogP contribution in [-0.2, 0) is 16.0 Å². The Kier molecular flexibility index (Phi) is 4.08. The van der Waals surface area contributed by atoms with Crippen LogP contribution in [0.4, 0.5) is 4.79 Å². The fourth-order valence-corrected chi connectivity index (χ4v) is 2.47. The summed E-state index contributed by atoms with van der Waals surface area (Å²) in [6, 6.07) is 5.21. The van der Waals surface area contributed by atoms with E-state index in [-0.39, 0.29) is 6.61 Å². The van der Waals surface area contributed by atoms with Crippen LogP contribution < -0.4 is 5.32 Å². The molecule has 2 atom stereocenters. The van der Waals surface area contributed by atoms with E-state index >= 15 is 0 Å². The van der Waals surface area contributed by atoms with Gasteiger partial charge in [-0.05, 0) is 24.5 Å². The zero-order valence-corrected chi connectivity index (χ0v) is 11.3. The molecule has 20 heavy (non-hydrogen) atoms. The number of carbonyl (C=O) groups is 2. The first-order chi connectivity index (χ1) is 9.52. The first-order valence-corrected chi connectivity index (χ1v) is 6.39. The van der Waals surface area contributed by atoms with Gasteiger partial charge in [0.15, 0.2) is 0 Å². The summed E-state index contributed by atoms with van der Waals surface area (Å²) >= 11 is 0. The van der Waals surface area contributed by atoms with Crippen molar-refractivity contribution in [2.45, 2.75) is 19.4 Å². The minimum Gasteiger partial charge on any atom is -0.481 e. The molecule has 0 bridgehead atoms. The van der Waals surface area contributed by atoms with Crippen molar-refractivity contribution in [3.8, 4) is 0 Å². The van der Waals surface area contributed by atoms with Crippen LogP contribution in [0, 0.1) is 12.8 Å². The molecule has 0 radical (unpaired) electrons. The number of alkyl carbamates (subject to hydrolysis) is 1. The van der Waals surface area contributed by atoms with E-state index in [1.165, 1.54) is 6.08 Å². The number of carbonyl (C=O) groups excluding carboxylic acids is 1. The second-order valence-electron chi connectivity index (χ2n) is 4.86. The van der Waals surface area contributed by atoms with Gasteiger partial charge < -0.3 is 15.2 Å². The lowest BCUT2D eigenvalue weighted by atomic mass is 10.0. The molecule has 2 N–H and O–H groups in total. The maximum atomic E-state index is 11.6. The fourth-order valence-electron chi connectivity index (χ4n) is 2.47. The predicted molar refractivity (Wildman–Crippen MR) is 73.4 cm³/mol. The summed E-state index contributed by atoms with van der Waals surface area (Å²) in [6.45, 7) is 5.48. The molecule has 1 aromatic rings. The molecule has 0 aliphatic heterocycles. The Morgan fingerprint density at radius 2 is 2.30 bits per heavy atom. The Morgan fingerprint density at radius 1 is 1.55 bits per heavy atom. The largest absolute Gasteiger partial charge is 0.481 e. The Balaban J connectivity index is 2.23. The van der Waals surface area contributed by atoms with Gasteiger partial charge in [0.1, 0.15) is 6.61 Å². The van der Waals surface area contributed by atoms with Gasteiger partial charge in [-0.1, -0.05) is 36.4 Å². The van der Waals surface area contributed by atoms with Crippen molar-refractivity contribution in [2.75, 3.05) is 6.61 Å². The highest BCUT2D eigenvalue weighted by Gasteiger charge is 2.38. The quantitative estimate of drug-likeness (QED) is 0.826. The summed E-state index contributed by atoms with van der Waals surface area (Å²) in [5, 5.41) is 11.9. The van der Waals surface area contributed by atoms with Gasteiger partial charge in [-0.2, -0.15) is 0 Å². The lowest BCUT2D eigenvalue weighted by Crippen LogP contribution is -2.35. The van der Waals surface area contributed by atoms with E-state index in [4.69, 9.17) is 4.74 Å². The number of aryl methyl sites for hydroxylation is 1. The number of ether oxygens (including phenoxy) is 1. The summed E-state index contributed by atoms with van der Waals surface area (Å²) in [4.78, 5) is 23.0. The summed E-state index contributed by atoms with van der Waals surface area (Å²) in [5.41, 5.74) is 2.84. The van der Waals surface area contributed by atoms with Crippen molar-refractivity contribution in [3.63, 3.8) is 0 Å². The third-order valence-electron chi connectivity index (χ3n) is 3.40. The first kappa shape index (κ1) is 14.1. The van der Waals surface area contributed by atoms with Gasteiger partial charge in [-0.15, -0.1) is 0 Å². The van der Waals surface area contributed by atoms with Crippen molar-refractivity contribution in [3.05, 3.63) is 47.5 Å². The van der Waals surface area contributed by atoms with E-state index in [1.54, 1.807) is 0 Å². The smallest absolute Gasteiger partial charge is 0.407 e. The molecule has 0 aromatic heterocycles. The third-order valence-corrected chi connectivity index (χ3v) is 3.40. The topological polar surface area (TPSA) is 75.6 Å². The number of carboxylic acids is 1. The number of nitrogens with one attached hydrogen (secondary N) is 1. The van der Waals surface area contributed by atoms with Crippen molar-refractivity contribution in [1.82, 2.24) is 5.32 Å². The van der Waals surface area contributed by atoms with Crippen LogP contribution in [-0.4, -0.2) is 23.8 Å². The van der Waals surface area contributed by atoms with Gasteiger partial charge in [-0.3, -0.25) is 4.79 Å². The molecule has 1 aliphatic carbocycles. The van der Waals surface area contributed by atoms with E-state index in [0.29, 0.717) is 6.42 Å². The number of carboxylic acid groups (broad SMARTS) is 1. The Labute approximate surface area is 117 Å². The Morgan fingerprint density at radius 3 is 2.95 bits per heavy atom. The van der Waals surface area contributed by atoms with E-state index in [2.05, 4.69) is 11.9 Å². The highest BCUT2D eigenvalue weighted by Crippen LogP contribution is 2.36. The zero-order valence-electron chi connectivity index (χ0n) is 11.3. The molecule has 2 rings (SSSR count). The summed E-state index contributed by atoms with van der Waals surface area (Å²) in [5.74, 6) is -1.59. The normalized spacial score (nSPS) is 20.1. The molecule has 0 saturated carbocycles. The molecular formula is C15H17NO4. The monoisotopic (exact) mass is 275 g/mol. The number of rotatable bonds is 4. The SMILES string of the molecule is C=CCOC(=O)N[C@@H]1c2cc(C)ccc2C[C@@H]1C(=O)O. The van der Waals surface area contributed by atoms with Crippen LogP contribution in [0.25, 0.3) is 0 Å². The maximum absolute atomic E-state index is 11.6. The number of amides is 1. The van der Waals surface area contributed by atoms with E-state index in [9.17, 15) is 14.7 Å². The molecule has 1 amide bonds. The van der Waals surface area contributed by atoms with Gasteiger partial charge in [-0.25, -0.2) is 4.79 Å². The maximum Gasteiger partial charge on any atom is 0.407 e. The molecule has 5 nitrogen and oxygen atoms in total. The molecule has 106 valence electrons. The molecule has 0 spiro atoms.